The van der Waals surface area contributed by atoms with Crippen molar-refractivity contribution in [2.45, 2.75) is 71.3 Å². The van der Waals surface area contributed by atoms with Crippen LogP contribution >= 0.6 is 0 Å². The molecule has 3 rings (SSSR count). The minimum absolute atomic E-state index is 0.0878. The second kappa shape index (κ2) is 12.0. The first-order valence-corrected chi connectivity index (χ1v) is 12.4. The molecule has 0 spiro atoms. The SMILES string of the molecule is CC(=O)NCc1cccc(C[C@H](N)C[C@H]2C(=O)N(Cc3ccccc3)CCN2C(=O)OC(C)(C)C)c1. The summed E-state index contributed by atoms with van der Waals surface area (Å²) in [6.07, 6.45) is 0.363. The molecule has 1 saturated heterocycles. The van der Waals surface area contributed by atoms with Gasteiger partial charge in [-0.25, -0.2) is 4.79 Å². The Morgan fingerprint density at radius 2 is 1.72 bits per heavy atom. The third-order valence-corrected chi connectivity index (χ3v) is 5.98. The molecule has 0 bridgehead atoms. The zero-order valence-corrected chi connectivity index (χ0v) is 21.7. The van der Waals surface area contributed by atoms with Gasteiger partial charge in [-0.1, -0.05) is 54.6 Å². The normalized spacial score (nSPS) is 17.0. The lowest BCUT2D eigenvalue weighted by Gasteiger charge is -2.41. The first-order chi connectivity index (χ1) is 17.0. The molecule has 1 fully saturated rings. The molecule has 2 aromatic carbocycles. The molecule has 36 heavy (non-hydrogen) atoms. The molecule has 3 amide bonds. The molecule has 1 heterocycles. The first-order valence-electron chi connectivity index (χ1n) is 12.4. The van der Waals surface area contributed by atoms with Gasteiger partial charge < -0.3 is 20.7 Å². The number of rotatable bonds is 8. The molecular weight excluding hydrogens is 456 g/mol. The summed E-state index contributed by atoms with van der Waals surface area (Å²) in [5.74, 6) is -0.207. The topological polar surface area (TPSA) is 105 Å². The predicted molar refractivity (Wildman–Crippen MR) is 139 cm³/mol. The highest BCUT2D eigenvalue weighted by molar-refractivity contribution is 5.87. The molecule has 1 aliphatic heterocycles. The number of piperazine rings is 1. The van der Waals surface area contributed by atoms with Crippen molar-refractivity contribution in [2.75, 3.05) is 13.1 Å². The van der Waals surface area contributed by atoms with Gasteiger partial charge in [-0.3, -0.25) is 14.5 Å². The van der Waals surface area contributed by atoms with Gasteiger partial charge in [0, 0.05) is 39.1 Å². The van der Waals surface area contributed by atoms with Crippen molar-refractivity contribution in [2.24, 2.45) is 5.73 Å². The van der Waals surface area contributed by atoms with Gasteiger partial charge in [-0.05, 0) is 50.3 Å². The summed E-state index contributed by atoms with van der Waals surface area (Å²) in [4.78, 5) is 41.1. The van der Waals surface area contributed by atoms with Gasteiger partial charge >= 0.3 is 6.09 Å². The Hall–Kier alpha value is -3.39. The van der Waals surface area contributed by atoms with Crippen LogP contribution in [-0.2, 0) is 33.8 Å². The van der Waals surface area contributed by atoms with Crippen molar-refractivity contribution < 1.29 is 19.1 Å². The largest absolute Gasteiger partial charge is 0.444 e. The smallest absolute Gasteiger partial charge is 0.411 e. The van der Waals surface area contributed by atoms with Crippen molar-refractivity contribution in [3.8, 4) is 0 Å². The lowest BCUT2D eigenvalue weighted by atomic mass is 9.96. The summed E-state index contributed by atoms with van der Waals surface area (Å²) < 4.78 is 5.61. The molecule has 8 nitrogen and oxygen atoms in total. The van der Waals surface area contributed by atoms with Crippen molar-refractivity contribution >= 4 is 17.9 Å². The number of hydrogen-bond donors (Lipinski definition) is 2. The number of nitrogens with one attached hydrogen (secondary N) is 1. The van der Waals surface area contributed by atoms with Gasteiger partial charge in [0.15, 0.2) is 0 Å². The minimum atomic E-state index is -0.699. The molecule has 8 heteroatoms. The quantitative estimate of drug-likeness (QED) is 0.586. The molecule has 0 aliphatic carbocycles. The van der Waals surface area contributed by atoms with E-state index in [2.05, 4.69) is 5.32 Å². The van der Waals surface area contributed by atoms with E-state index in [9.17, 15) is 14.4 Å². The van der Waals surface area contributed by atoms with Crippen LogP contribution < -0.4 is 11.1 Å². The monoisotopic (exact) mass is 494 g/mol. The third kappa shape index (κ3) is 8.09. The fourth-order valence-corrected chi connectivity index (χ4v) is 4.33. The van der Waals surface area contributed by atoms with Crippen molar-refractivity contribution in [1.82, 2.24) is 15.1 Å². The summed E-state index contributed by atoms with van der Waals surface area (Å²) in [5.41, 5.74) is 8.90. The van der Waals surface area contributed by atoms with Crippen molar-refractivity contribution in [3.63, 3.8) is 0 Å². The molecule has 0 unspecified atom stereocenters. The number of ether oxygens (including phenoxy) is 1. The van der Waals surface area contributed by atoms with Crippen LogP contribution in [0.2, 0.25) is 0 Å². The summed E-state index contributed by atoms with van der Waals surface area (Å²) in [5, 5.41) is 2.80. The fourth-order valence-electron chi connectivity index (χ4n) is 4.33. The molecule has 2 atom stereocenters. The Morgan fingerprint density at radius 3 is 2.39 bits per heavy atom. The lowest BCUT2D eigenvalue weighted by molar-refractivity contribution is -0.142. The second-order valence-electron chi connectivity index (χ2n) is 10.4. The van der Waals surface area contributed by atoms with Gasteiger partial charge in [-0.2, -0.15) is 0 Å². The molecular formula is C28H38N4O4. The number of nitrogens with zero attached hydrogens (tertiary/aromatic N) is 2. The van der Waals surface area contributed by atoms with Crippen LogP contribution in [0.5, 0.6) is 0 Å². The zero-order valence-electron chi connectivity index (χ0n) is 21.7. The number of carbonyl (C=O) groups excluding carboxylic acids is 3. The van der Waals surface area contributed by atoms with Gasteiger partial charge in [-0.15, -0.1) is 0 Å². The molecule has 0 radical (unpaired) electrons. The van der Waals surface area contributed by atoms with E-state index in [0.29, 0.717) is 39.0 Å². The maximum Gasteiger partial charge on any atom is 0.411 e. The summed E-state index contributed by atoms with van der Waals surface area (Å²) in [6, 6.07) is 16.6. The molecule has 1 aliphatic rings. The maximum absolute atomic E-state index is 13.6. The first kappa shape index (κ1) is 27.2. The van der Waals surface area contributed by atoms with Gasteiger partial charge in [0.05, 0.1) is 0 Å². The maximum atomic E-state index is 13.6. The highest BCUT2D eigenvalue weighted by Crippen LogP contribution is 2.22. The van der Waals surface area contributed by atoms with Gasteiger partial charge in [0.1, 0.15) is 11.6 Å². The van der Waals surface area contributed by atoms with Crippen molar-refractivity contribution in [3.05, 3.63) is 71.3 Å². The van der Waals surface area contributed by atoms with E-state index < -0.39 is 17.7 Å². The third-order valence-electron chi connectivity index (χ3n) is 5.98. The van der Waals surface area contributed by atoms with Crippen LogP contribution in [0.3, 0.4) is 0 Å². The van der Waals surface area contributed by atoms with E-state index in [1.54, 1.807) is 4.90 Å². The van der Waals surface area contributed by atoms with Crippen LogP contribution in [0.4, 0.5) is 4.79 Å². The van der Waals surface area contributed by atoms with Gasteiger partial charge in [0.25, 0.3) is 0 Å². The molecule has 194 valence electrons. The Balaban J connectivity index is 1.74. The van der Waals surface area contributed by atoms with E-state index in [0.717, 1.165) is 16.7 Å². The van der Waals surface area contributed by atoms with Crippen molar-refractivity contribution in [1.29, 1.82) is 0 Å². The second-order valence-corrected chi connectivity index (χ2v) is 10.4. The summed E-state index contributed by atoms with van der Waals surface area (Å²) >= 11 is 0. The average Bonchev–Trinajstić information content (AvgIpc) is 2.80. The van der Waals surface area contributed by atoms with E-state index in [1.807, 2.05) is 75.4 Å². The highest BCUT2D eigenvalue weighted by atomic mass is 16.6. The minimum Gasteiger partial charge on any atom is -0.444 e. The van der Waals surface area contributed by atoms with E-state index in [-0.39, 0.29) is 17.9 Å². The van der Waals surface area contributed by atoms with Crippen LogP contribution in [0.15, 0.2) is 54.6 Å². The molecule has 0 saturated carbocycles. The highest BCUT2D eigenvalue weighted by Gasteiger charge is 2.40. The van der Waals surface area contributed by atoms with Gasteiger partial charge in [0.2, 0.25) is 11.8 Å². The number of carbonyl (C=O) groups is 3. The Bertz CT molecular complexity index is 1050. The molecule has 0 aromatic heterocycles. The summed E-state index contributed by atoms with van der Waals surface area (Å²) in [6.45, 7) is 8.67. The lowest BCUT2D eigenvalue weighted by Crippen LogP contribution is -2.60. The Labute approximate surface area is 213 Å². The molecule has 3 N–H and O–H groups in total. The number of benzene rings is 2. The number of hydrogen-bond acceptors (Lipinski definition) is 5. The predicted octanol–water partition coefficient (Wildman–Crippen LogP) is 3.23. The number of amides is 3. The van der Waals surface area contributed by atoms with E-state index >= 15 is 0 Å². The standard InChI is InChI=1S/C28H38N4O4/c1-20(33)30-18-23-12-8-11-22(15-23)16-24(29)17-25-26(34)31(19-21-9-6-5-7-10-21)13-14-32(25)27(35)36-28(2,3)4/h5-12,15,24-25H,13-14,16-19,29H2,1-4H3,(H,30,33)/t24-,25-/m0/s1. The van der Waals surface area contributed by atoms with E-state index in [4.69, 9.17) is 10.5 Å². The Morgan fingerprint density at radius 1 is 1.06 bits per heavy atom. The average molecular weight is 495 g/mol. The zero-order chi connectivity index (χ0) is 26.3. The van der Waals surface area contributed by atoms with Crippen LogP contribution in [0.25, 0.3) is 0 Å². The van der Waals surface area contributed by atoms with Crippen LogP contribution in [-0.4, -0.2) is 58.5 Å². The van der Waals surface area contributed by atoms with Crippen LogP contribution in [0, 0.1) is 0 Å². The number of nitrogens with two attached hydrogens (primary N) is 1. The van der Waals surface area contributed by atoms with Crippen LogP contribution in [0.1, 0.15) is 50.8 Å². The fraction of sp³-hybridized carbons (Fsp3) is 0.464. The summed E-state index contributed by atoms with van der Waals surface area (Å²) in [7, 11) is 0. The van der Waals surface area contributed by atoms with E-state index in [1.165, 1.54) is 11.8 Å². The Kier molecular flexibility index (Phi) is 9.09. The molecule has 2 aromatic rings.